The third-order valence-electron chi connectivity index (χ3n) is 4.35. The van der Waals surface area contributed by atoms with E-state index in [0.717, 1.165) is 11.3 Å². The van der Waals surface area contributed by atoms with Crippen molar-refractivity contribution in [2.75, 3.05) is 20.4 Å². The molecule has 0 aliphatic rings. The molecule has 1 aromatic heterocycles. The molecule has 0 aliphatic heterocycles. The van der Waals surface area contributed by atoms with Crippen LogP contribution < -0.4 is 4.74 Å². The van der Waals surface area contributed by atoms with E-state index >= 15 is 0 Å². The Labute approximate surface area is 174 Å². The second kappa shape index (κ2) is 8.13. The van der Waals surface area contributed by atoms with E-state index in [1.807, 2.05) is 0 Å². The summed E-state index contributed by atoms with van der Waals surface area (Å²) in [6.07, 6.45) is 0.227. The molecule has 29 heavy (non-hydrogen) atoms. The highest BCUT2D eigenvalue weighted by molar-refractivity contribution is 7.90. The summed E-state index contributed by atoms with van der Waals surface area (Å²) in [7, 11) is 0.619. The van der Waals surface area contributed by atoms with Crippen LogP contribution in [0.15, 0.2) is 11.0 Å². The van der Waals surface area contributed by atoms with Gasteiger partial charge in [0.25, 0.3) is 0 Å². The van der Waals surface area contributed by atoms with Gasteiger partial charge in [-0.1, -0.05) is 11.6 Å². The number of nitrogens with zero attached hydrogens (tertiary/aromatic N) is 3. The first-order chi connectivity index (χ1) is 13.3. The van der Waals surface area contributed by atoms with Crippen molar-refractivity contribution in [3.8, 4) is 5.88 Å². The number of sulfone groups is 1. The van der Waals surface area contributed by atoms with Crippen LogP contribution in [0.5, 0.6) is 5.88 Å². The molecule has 0 fully saturated rings. The zero-order valence-corrected chi connectivity index (χ0v) is 18.7. The average molecular weight is 444 g/mol. The maximum Gasteiger partial charge on any atom is 0.440 e. The first-order valence-electron chi connectivity index (χ1n) is 8.38. The van der Waals surface area contributed by atoms with Gasteiger partial charge in [0.1, 0.15) is 5.56 Å². The fourth-order valence-corrected chi connectivity index (χ4v) is 4.64. The van der Waals surface area contributed by atoms with E-state index in [9.17, 15) is 18.0 Å². The summed E-state index contributed by atoms with van der Waals surface area (Å²) < 4.78 is 30.7. The van der Waals surface area contributed by atoms with Crippen LogP contribution in [0, 0.1) is 20.8 Å². The molecule has 0 saturated heterocycles. The summed E-state index contributed by atoms with van der Waals surface area (Å²) in [6.45, 7) is 4.71. The quantitative estimate of drug-likeness (QED) is 0.516. The van der Waals surface area contributed by atoms with Gasteiger partial charge in [-0.3, -0.25) is 9.63 Å². The molecule has 11 heteroatoms. The second-order valence-electron chi connectivity index (χ2n) is 6.55. The number of rotatable bonds is 5. The summed E-state index contributed by atoms with van der Waals surface area (Å²) in [5.41, 5.74) is 1.10. The number of hydroxylamine groups is 2. The highest BCUT2D eigenvalue weighted by Gasteiger charge is 2.29. The molecule has 2 rings (SSSR count). The lowest BCUT2D eigenvalue weighted by atomic mass is 9.99. The number of amides is 1. The van der Waals surface area contributed by atoms with Crippen molar-refractivity contribution in [3.63, 3.8) is 0 Å². The lowest BCUT2D eigenvalue weighted by Gasteiger charge is -2.15. The highest BCUT2D eigenvalue weighted by atomic mass is 35.5. The molecule has 0 atom stereocenters. The molecular formula is C18H22ClN3O6S. The summed E-state index contributed by atoms with van der Waals surface area (Å²) in [6, 6.07) is 1.41. The summed E-state index contributed by atoms with van der Waals surface area (Å²) >= 11 is 6.36. The molecule has 0 spiro atoms. The Morgan fingerprint density at radius 1 is 1.24 bits per heavy atom. The number of aryl methyl sites for hydroxylation is 3. The minimum absolute atomic E-state index is 0.00978. The van der Waals surface area contributed by atoms with Crippen molar-refractivity contribution in [1.29, 1.82) is 0 Å². The number of carbonyl (C=O) groups excluding carboxylic acids is 2. The highest BCUT2D eigenvalue weighted by Crippen LogP contribution is 2.34. The molecule has 0 saturated carbocycles. The first kappa shape index (κ1) is 22.9. The molecule has 1 amide bonds. The van der Waals surface area contributed by atoms with Crippen molar-refractivity contribution < 1.29 is 27.6 Å². The normalized spacial score (nSPS) is 11.4. The van der Waals surface area contributed by atoms with Crippen LogP contribution in [-0.2, 0) is 21.7 Å². The van der Waals surface area contributed by atoms with Crippen LogP contribution >= 0.6 is 11.6 Å². The molecule has 1 aromatic carbocycles. The third kappa shape index (κ3) is 4.29. The number of ether oxygens (including phenoxy) is 1. The number of carbonyl (C=O) groups is 2. The van der Waals surface area contributed by atoms with Gasteiger partial charge in [0.2, 0.25) is 11.7 Å². The van der Waals surface area contributed by atoms with E-state index in [1.54, 1.807) is 13.8 Å². The molecule has 0 aliphatic carbocycles. The van der Waals surface area contributed by atoms with E-state index < -0.39 is 21.7 Å². The Morgan fingerprint density at radius 2 is 1.83 bits per heavy atom. The van der Waals surface area contributed by atoms with Crippen molar-refractivity contribution in [2.45, 2.75) is 25.7 Å². The lowest BCUT2D eigenvalue weighted by Crippen LogP contribution is -2.29. The summed E-state index contributed by atoms with van der Waals surface area (Å²) in [5.74, 6) is -0.630. The van der Waals surface area contributed by atoms with Gasteiger partial charge in [-0.15, -0.1) is 0 Å². The fraction of sp³-hybridized carbons (Fsp3) is 0.389. The Kier molecular flexibility index (Phi) is 6.41. The van der Waals surface area contributed by atoms with Crippen LogP contribution in [0.1, 0.15) is 32.7 Å². The van der Waals surface area contributed by atoms with E-state index in [-0.39, 0.29) is 32.5 Å². The van der Waals surface area contributed by atoms with Gasteiger partial charge in [0.15, 0.2) is 9.84 Å². The van der Waals surface area contributed by atoms with Crippen molar-refractivity contribution >= 4 is 33.3 Å². The van der Waals surface area contributed by atoms with Crippen LogP contribution in [-0.4, -0.2) is 55.6 Å². The molecule has 9 nitrogen and oxygen atoms in total. The minimum Gasteiger partial charge on any atom is -0.389 e. The molecule has 0 bridgehead atoms. The summed E-state index contributed by atoms with van der Waals surface area (Å²) in [5, 5.41) is 5.00. The smallest absolute Gasteiger partial charge is 0.389 e. The number of hydrogen-bond acceptors (Lipinski definition) is 7. The van der Waals surface area contributed by atoms with Gasteiger partial charge in [-0.05, 0) is 38.0 Å². The molecule has 0 unspecified atom stereocenters. The van der Waals surface area contributed by atoms with E-state index in [0.29, 0.717) is 11.3 Å². The van der Waals surface area contributed by atoms with Gasteiger partial charge in [0.05, 0.1) is 22.7 Å². The Balaban J connectivity index is 2.64. The number of ketones is 1. The Bertz CT molecular complexity index is 1110. The maximum absolute atomic E-state index is 13.3. The molecular weight excluding hydrogens is 422 g/mol. The molecule has 1 heterocycles. The molecule has 0 N–H and O–H groups in total. The second-order valence-corrected chi connectivity index (χ2v) is 8.88. The lowest BCUT2D eigenvalue weighted by molar-refractivity contribution is -0.0796. The average Bonchev–Trinajstić information content (AvgIpc) is 2.88. The van der Waals surface area contributed by atoms with Crippen LogP contribution in [0.4, 0.5) is 4.79 Å². The maximum atomic E-state index is 13.3. The van der Waals surface area contributed by atoms with E-state index in [4.69, 9.17) is 21.2 Å². The zero-order chi connectivity index (χ0) is 22.3. The van der Waals surface area contributed by atoms with Crippen molar-refractivity contribution in [2.24, 2.45) is 7.05 Å². The van der Waals surface area contributed by atoms with Crippen LogP contribution in [0.2, 0.25) is 5.02 Å². The van der Waals surface area contributed by atoms with Crippen molar-refractivity contribution in [3.05, 3.63) is 39.0 Å². The van der Waals surface area contributed by atoms with Gasteiger partial charge < -0.3 is 4.74 Å². The van der Waals surface area contributed by atoms with E-state index in [2.05, 4.69) is 5.10 Å². The Morgan fingerprint density at radius 3 is 2.34 bits per heavy atom. The van der Waals surface area contributed by atoms with Gasteiger partial charge >= 0.3 is 6.09 Å². The number of halogens is 1. The van der Waals surface area contributed by atoms with Crippen LogP contribution in [0.3, 0.4) is 0 Å². The molecule has 0 radical (unpaired) electrons. The number of hydrogen-bond donors (Lipinski definition) is 0. The first-order valence-corrected chi connectivity index (χ1v) is 10.7. The largest absolute Gasteiger partial charge is 0.440 e. The van der Waals surface area contributed by atoms with Gasteiger partial charge in [-0.2, -0.15) is 10.2 Å². The SMILES string of the molecule is CON(C)C(=O)Oc1c(C(=O)c2cc(C)c(S(C)(=O)=O)c(C)c2Cl)c(C)nn1C. The summed E-state index contributed by atoms with van der Waals surface area (Å²) in [4.78, 5) is 30.2. The predicted octanol–water partition coefficient (Wildman–Crippen LogP) is 2.63. The minimum atomic E-state index is -3.54. The third-order valence-corrected chi connectivity index (χ3v) is 6.21. The Hall–Kier alpha value is -2.43. The number of benzene rings is 1. The molecule has 158 valence electrons. The predicted molar refractivity (Wildman–Crippen MR) is 106 cm³/mol. The van der Waals surface area contributed by atoms with E-state index in [1.165, 1.54) is 38.9 Å². The standard InChI is InChI=1S/C18H22ClN3O6S/c1-9-8-12(14(19)10(2)16(9)29(7,25)26)15(23)13-11(3)20-21(4)17(13)28-18(24)22(5)27-6/h8H,1-7H3. The monoisotopic (exact) mass is 443 g/mol. The number of aromatic nitrogens is 2. The van der Waals surface area contributed by atoms with Gasteiger partial charge in [0, 0.05) is 25.9 Å². The molecule has 2 aromatic rings. The topological polar surface area (TPSA) is 108 Å². The van der Waals surface area contributed by atoms with Crippen molar-refractivity contribution in [1.82, 2.24) is 14.8 Å². The fourth-order valence-electron chi connectivity index (χ4n) is 3.05. The van der Waals surface area contributed by atoms with Gasteiger partial charge in [-0.25, -0.2) is 17.9 Å². The van der Waals surface area contributed by atoms with Crippen LogP contribution in [0.25, 0.3) is 0 Å². The zero-order valence-electron chi connectivity index (χ0n) is 17.2.